The van der Waals surface area contributed by atoms with Crippen LogP contribution in [0.1, 0.15) is 16.7 Å². The standard InChI is InChI=1S/C10H13NO/c1-8-3-4-10(5-9(8)2)6-11-7-12/h3-5,7H,6H2,1-2H3,(H,11,12). The fourth-order valence-corrected chi connectivity index (χ4v) is 1.07. The molecule has 0 aliphatic rings. The van der Waals surface area contributed by atoms with Gasteiger partial charge in [-0.15, -0.1) is 0 Å². The van der Waals surface area contributed by atoms with Gasteiger partial charge in [0.2, 0.25) is 6.41 Å². The Hall–Kier alpha value is -1.31. The number of benzene rings is 1. The molecule has 0 fully saturated rings. The molecule has 0 atom stereocenters. The van der Waals surface area contributed by atoms with Crippen LogP contribution in [-0.4, -0.2) is 6.41 Å². The van der Waals surface area contributed by atoms with Crippen molar-refractivity contribution in [2.45, 2.75) is 20.4 Å². The van der Waals surface area contributed by atoms with Crippen LogP contribution in [0.5, 0.6) is 0 Å². The molecule has 0 unspecified atom stereocenters. The molecule has 0 aliphatic heterocycles. The summed E-state index contributed by atoms with van der Waals surface area (Å²) in [6.07, 6.45) is 0.717. The van der Waals surface area contributed by atoms with Crippen molar-refractivity contribution in [1.82, 2.24) is 5.32 Å². The minimum absolute atomic E-state index is 0.616. The molecule has 1 aromatic rings. The molecule has 1 amide bonds. The van der Waals surface area contributed by atoms with Gasteiger partial charge in [0.1, 0.15) is 0 Å². The topological polar surface area (TPSA) is 29.1 Å². The van der Waals surface area contributed by atoms with Crippen LogP contribution in [0.15, 0.2) is 18.2 Å². The summed E-state index contributed by atoms with van der Waals surface area (Å²) in [5.41, 5.74) is 3.69. The van der Waals surface area contributed by atoms with Crippen LogP contribution in [0.25, 0.3) is 0 Å². The molecule has 0 bridgehead atoms. The summed E-state index contributed by atoms with van der Waals surface area (Å²) in [6, 6.07) is 6.18. The maximum absolute atomic E-state index is 10.0. The van der Waals surface area contributed by atoms with Gasteiger partial charge in [-0.1, -0.05) is 18.2 Å². The first-order valence-corrected chi connectivity index (χ1v) is 3.97. The number of hydrogen-bond donors (Lipinski definition) is 1. The van der Waals surface area contributed by atoms with E-state index in [2.05, 4.69) is 31.3 Å². The molecule has 64 valence electrons. The van der Waals surface area contributed by atoms with Gasteiger partial charge in [-0.25, -0.2) is 0 Å². The molecule has 0 aliphatic carbocycles. The second-order valence-corrected chi connectivity index (χ2v) is 2.92. The lowest BCUT2D eigenvalue weighted by molar-refractivity contribution is -0.109. The van der Waals surface area contributed by atoms with E-state index in [9.17, 15) is 4.79 Å². The lowest BCUT2D eigenvalue weighted by Gasteiger charge is -2.03. The molecular weight excluding hydrogens is 150 g/mol. The Morgan fingerprint density at radius 3 is 2.67 bits per heavy atom. The van der Waals surface area contributed by atoms with Gasteiger partial charge in [-0.2, -0.15) is 0 Å². The van der Waals surface area contributed by atoms with Crippen molar-refractivity contribution in [3.63, 3.8) is 0 Å². The molecule has 2 heteroatoms. The van der Waals surface area contributed by atoms with E-state index in [4.69, 9.17) is 0 Å². The Morgan fingerprint density at radius 1 is 1.33 bits per heavy atom. The quantitative estimate of drug-likeness (QED) is 0.673. The van der Waals surface area contributed by atoms with E-state index >= 15 is 0 Å². The first-order chi connectivity index (χ1) is 5.74. The van der Waals surface area contributed by atoms with Crippen LogP contribution in [-0.2, 0) is 11.3 Å². The summed E-state index contributed by atoms with van der Waals surface area (Å²) in [4.78, 5) is 10.0. The molecule has 2 nitrogen and oxygen atoms in total. The monoisotopic (exact) mass is 163 g/mol. The number of carbonyl (C=O) groups excluding carboxylic acids is 1. The van der Waals surface area contributed by atoms with E-state index in [1.807, 2.05) is 6.07 Å². The predicted octanol–water partition coefficient (Wildman–Crippen LogP) is 1.55. The smallest absolute Gasteiger partial charge is 0.207 e. The Bertz CT molecular complexity index is 281. The maximum atomic E-state index is 10.0. The van der Waals surface area contributed by atoms with Crippen LogP contribution in [0, 0.1) is 13.8 Å². The molecule has 1 N–H and O–H groups in total. The minimum atomic E-state index is 0.616. The summed E-state index contributed by atoms with van der Waals surface area (Å²) in [5.74, 6) is 0. The van der Waals surface area contributed by atoms with Gasteiger partial charge in [-0.05, 0) is 30.5 Å². The van der Waals surface area contributed by atoms with Crippen molar-refractivity contribution in [1.29, 1.82) is 0 Å². The molecule has 12 heavy (non-hydrogen) atoms. The van der Waals surface area contributed by atoms with Gasteiger partial charge in [0.25, 0.3) is 0 Å². The van der Waals surface area contributed by atoms with Crippen molar-refractivity contribution in [3.05, 3.63) is 34.9 Å². The zero-order chi connectivity index (χ0) is 8.97. The van der Waals surface area contributed by atoms with E-state index in [0.717, 1.165) is 12.0 Å². The van der Waals surface area contributed by atoms with Gasteiger partial charge in [0.15, 0.2) is 0 Å². The fourth-order valence-electron chi connectivity index (χ4n) is 1.07. The molecular formula is C10H13NO. The average molecular weight is 163 g/mol. The van der Waals surface area contributed by atoms with Crippen molar-refractivity contribution in [3.8, 4) is 0 Å². The van der Waals surface area contributed by atoms with Crippen LogP contribution < -0.4 is 5.32 Å². The summed E-state index contributed by atoms with van der Waals surface area (Å²) in [7, 11) is 0. The van der Waals surface area contributed by atoms with Gasteiger partial charge < -0.3 is 5.32 Å². The Morgan fingerprint density at radius 2 is 2.08 bits per heavy atom. The molecule has 0 aromatic heterocycles. The molecule has 0 heterocycles. The second kappa shape index (κ2) is 3.90. The largest absolute Gasteiger partial charge is 0.355 e. The molecule has 0 spiro atoms. The summed E-state index contributed by atoms with van der Waals surface area (Å²) < 4.78 is 0. The van der Waals surface area contributed by atoms with Crippen LogP contribution >= 0.6 is 0 Å². The number of rotatable bonds is 3. The Labute approximate surface area is 72.6 Å². The highest BCUT2D eigenvalue weighted by molar-refractivity contribution is 5.46. The number of hydrogen-bond acceptors (Lipinski definition) is 1. The third-order valence-corrected chi connectivity index (χ3v) is 1.96. The zero-order valence-electron chi connectivity index (χ0n) is 7.42. The first-order valence-electron chi connectivity index (χ1n) is 3.97. The van der Waals surface area contributed by atoms with Crippen molar-refractivity contribution >= 4 is 6.41 Å². The number of amides is 1. The van der Waals surface area contributed by atoms with E-state index in [1.165, 1.54) is 11.1 Å². The Kier molecular flexibility index (Phi) is 2.86. The Balaban J connectivity index is 2.75. The van der Waals surface area contributed by atoms with Gasteiger partial charge >= 0.3 is 0 Å². The number of aryl methyl sites for hydroxylation is 2. The van der Waals surface area contributed by atoms with E-state index < -0.39 is 0 Å². The molecule has 0 saturated heterocycles. The zero-order valence-corrected chi connectivity index (χ0v) is 7.42. The fraction of sp³-hybridized carbons (Fsp3) is 0.300. The van der Waals surface area contributed by atoms with Crippen molar-refractivity contribution in [2.75, 3.05) is 0 Å². The molecule has 0 saturated carbocycles. The van der Waals surface area contributed by atoms with Crippen LogP contribution in [0.4, 0.5) is 0 Å². The van der Waals surface area contributed by atoms with E-state index in [-0.39, 0.29) is 0 Å². The lowest BCUT2D eigenvalue weighted by atomic mass is 10.1. The predicted molar refractivity (Wildman–Crippen MR) is 48.8 cm³/mol. The highest BCUT2D eigenvalue weighted by Crippen LogP contribution is 2.08. The van der Waals surface area contributed by atoms with Gasteiger partial charge in [-0.3, -0.25) is 4.79 Å². The molecule has 0 radical (unpaired) electrons. The number of nitrogens with one attached hydrogen (secondary N) is 1. The summed E-state index contributed by atoms with van der Waals surface area (Å²) in [5, 5.41) is 2.63. The van der Waals surface area contributed by atoms with Crippen molar-refractivity contribution in [2.24, 2.45) is 0 Å². The molecule has 1 aromatic carbocycles. The highest BCUT2D eigenvalue weighted by atomic mass is 16.1. The van der Waals surface area contributed by atoms with E-state index in [0.29, 0.717) is 6.54 Å². The lowest BCUT2D eigenvalue weighted by Crippen LogP contribution is -2.09. The first kappa shape index (κ1) is 8.78. The highest BCUT2D eigenvalue weighted by Gasteiger charge is 1.94. The number of carbonyl (C=O) groups is 1. The van der Waals surface area contributed by atoms with Gasteiger partial charge in [0.05, 0.1) is 0 Å². The third kappa shape index (κ3) is 2.09. The summed E-state index contributed by atoms with van der Waals surface area (Å²) >= 11 is 0. The van der Waals surface area contributed by atoms with Crippen molar-refractivity contribution < 1.29 is 4.79 Å². The van der Waals surface area contributed by atoms with Crippen LogP contribution in [0.2, 0.25) is 0 Å². The van der Waals surface area contributed by atoms with E-state index in [1.54, 1.807) is 0 Å². The van der Waals surface area contributed by atoms with Gasteiger partial charge in [0, 0.05) is 6.54 Å². The SMILES string of the molecule is Cc1ccc(CNC=O)cc1C. The summed E-state index contributed by atoms with van der Waals surface area (Å²) in [6.45, 7) is 4.76. The second-order valence-electron chi connectivity index (χ2n) is 2.92. The average Bonchev–Trinajstić information content (AvgIpc) is 2.07. The van der Waals surface area contributed by atoms with Crippen LogP contribution in [0.3, 0.4) is 0 Å². The maximum Gasteiger partial charge on any atom is 0.207 e. The molecule has 1 rings (SSSR count). The minimum Gasteiger partial charge on any atom is -0.355 e. The normalized spacial score (nSPS) is 9.50. The third-order valence-electron chi connectivity index (χ3n) is 1.96.